The van der Waals surface area contributed by atoms with Gasteiger partial charge < -0.3 is 10.6 Å². The number of aryl methyl sites for hydroxylation is 2. The van der Waals surface area contributed by atoms with Crippen LogP contribution in [-0.4, -0.2) is 21.9 Å². The Kier molecular flexibility index (Phi) is 5.55. The van der Waals surface area contributed by atoms with E-state index in [-0.39, 0.29) is 11.9 Å². The summed E-state index contributed by atoms with van der Waals surface area (Å²) in [7, 11) is 0. The van der Waals surface area contributed by atoms with Gasteiger partial charge >= 0.3 is 0 Å². The smallest absolute Gasteiger partial charge is 0.270 e. The number of amides is 1. The molecule has 23 heavy (non-hydrogen) atoms. The summed E-state index contributed by atoms with van der Waals surface area (Å²) in [6, 6.07) is 7.32. The average Bonchev–Trinajstić information content (AvgIpc) is 2.50. The molecule has 1 amide bonds. The molecule has 0 bridgehead atoms. The third-order valence-electron chi connectivity index (χ3n) is 3.52. The molecule has 2 rings (SSSR count). The highest BCUT2D eigenvalue weighted by Gasteiger charge is 2.13. The first-order chi connectivity index (χ1) is 10.9. The van der Waals surface area contributed by atoms with Gasteiger partial charge in [0.15, 0.2) is 0 Å². The van der Waals surface area contributed by atoms with Gasteiger partial charge in [-0.3, -0.25) is 4.79 Å². The van der Waals surface area contributed by atoms with Gasteiger partial charge in [0, 0.05) is 22.4 Å². The largest absolute Gasteiger partial charge is 0.348 e. The van der Waals surface area contributed by atoms with Crippen molar-refractivity contribution >= 4 is 29.1 Å². The van der Waals surface area contributed by atoms with E-state index >= 15 is 0 Å². The molecule has 1 atom stereocenters. The fourth-order valence-electron chi connectivity index (χ4n) is 1.99. The molecule has 0 spiro atoms. The summed E-state index contributed by atoms with van der Waals surface area (Å²) in [5, 5.41) is 6.66. The monoisotopic (exact) mass is 332 g/mol. The van der Waals surface area contributed by atoms with Crippen LogP contribution < -0.4 is 10.6 Å². The van der Waals surface area contributed by atoms with E-state index < -0.39 is 0 Å². The van der Waals surface area contributed by atoms with Crippen molar-refractivity contribution in [3.63, 3.8) is 0 Å². The molecule has 0 radical (unpaired) electrons. The number of hydrogen-bond donors (Lipinski definition) is 2. The van der Waals surface area contributed by atoms with Crippen molar-refractivity contribution in [3.05, 3.63) is 46.2 Å². The normalized spacial score (nSPS) is 11.9. The van der Waals surface area contributed by atoms with E-state index in [9.17, 15) is 4.79 Å². The third-order valence-corrected chi connectivity index (χ3v) is 3.76. The molecule has 1 unspecified atom stereocenters. The maximum atomic E-state index is 12.2. The maximum absolute atomic E-state index is 12.2. The number of aromatic nitrogens is 2. The van der Waals surface area contributed by atoms with Crippen LogP contribution >= 0.6 is 11.6 Å². The Balaban J connectivity index is 2.26. The van der Waals surface area contributed by atoms with E-state index in [0.29, 0.717) is 16.7 Å². The standard InChI is InChI=1S/C17H21ClN4O/c1-5-11(3)19-16(23)15-8-12(4)20-17(22-15)21-14-9-13(18)7-6-10(14)2/h6-9,11H,5H2,1-4H3,(H,19,23)(H,20,21,22). The summed E-state index contributed by atoms with van der Waals surface area (Å²) in [6.45, 7) is 7.77. The molecule has 0 aliphatic heterocycles. The lowest BCUT2D eigenvalue weighted by Crippen LogP contribution is -2.32. The van der Waals surface area contributed by atoms with Gasteiger partial charge in [-0.25, -0.2) is 9.97 Å². The quantitative estimate of drug-likeness (QED) is 0.867. The molecule has 0 saturated heterocycles. The molecule has 122 valence electrons. The van der Waals surface area contributed by atoms with Crippen LogP contribution in [0.15, 0.2) is 24.3 Å². The Hall–Kier alpha value is -2.14. The molecule has 0 fully saturated rings. The number of rotatable bonds is 5. The summed E-state index contributed by atoms with van der Waals surface area (Å²) in [5.74, 6) is 0.181. The summed E-state index contributed by atoms with van der Waals surface area (Å²) in [5.41, 5.74) is 2.90. The minimum atomic E-state index is -0.198. The molecule has 5 nitrogen and oxygen atoms in total. The first-order valence-electron chi connectivity index (χ1n) is 7.58. The second-order valence-electron chi connectivity index (χ2n) is 5.59. The van der Waals surface area contributed by atoms with Gasteiger partial charge in [0.1, 0.15) is 5.69 Å². The molecule has 2 aromatic rings. The van der Waals surface area contributed by atoms with E-state index in [2.05, 4.69) is 20.6 Å². The predicted octanol–water partition coefficient (Wildman–Crippen LogP) is 4.02. The highest BCUT2D eigenvalue weighted by atomic mass is 35.5. The molecule has 0 aliphatic carbocycles. The molecular weight excluding hydrogens is 312 g/mol. The van der Waals surface area contributed by atoms with Crippen molar-refractivity contribution in [2.24, 2.45) is 0 Å². The molecule has 2 N–H and O–H groups in total. The highest BCUT2D eigenvalue weighted by Crippen LogP contribution is 2.22. The molecule has 1 heterocycles. The van der Waals surface area contributed by atoms with Crippen molar-refractivity contribution < 1.29 is 4.79 Å². The molecule has 6 heteroatoms. The fraction of sp³-hybridized carbons (Fsp3) is 0.353. The van der Waals surface area contributed by atoms with Gasteiger partial charge in [-0.05, 0) is 51.0 Å². The molecular formula is C17H21ClN4O. The van der Waals surface area contributed by atoms with Gasteiger partial charge in [0.05, 0.1) is 0 Å². The van der Waals surface area contributed by atoms with Crippen molar-refractivity contribution in [3.8, 4) is 0 Å². The Morgan fingerprint density at radius 1 is 1.26 bits per heavy atom. The van der Waals surface area contributed by atoms with E-state index in [4.69, 9.17) is 11.6 Å². The zero-order valence-corrected chi connectivity index (χ0v) is 14.5. The number of benzene rings is 1. The number of carbonyl (C=O) groups is 1. The molecule has 1 aromatic heterocycles. The van der Waals surface area contributed by atoms with Crippen LogP contribution in [0.5, 0.6) is 0 Å². The van der Waals surface area contributed by atoms with Gasteiger partial charge in [-0.2, -0.15) is 0 Å². The van der Waals surface area contributed by atoms with E-state index in [1.165, 1.54) is 0 Å². The van der Waals surface area contributed by atoms with E-state index in [0.717, 1.165) is 23.4 Å². The van der Waals surface area contributed by atoms with Crippen LogP contribution in [0, 0.1) is 13.8 Å². The van der Waals surface area contributed by atoms with Gasteiger partial charge in [-0.15, -0.1) is 0 Å². The predicted molar refractivity (Wildman–Crippen MR) is 93.5 cm³/mol. The second-order valence-corrected chi connectivity index (χ2v) is 6.02. The van der Waals surface area contributed by atoms with Crippen molar-refractivity contribution in [1.82, 2.24) is 15.3 Å². The first-order valence-corrected chi connectivity index (χ1v) is 7.96. The van der Waals surface area contributed by atoms with Crippen LogP contribution in [0.2, 0.25) is 5.02 Å². The third kappa shape index (κ3) is 4.66. The lowest BCUT2D eigenvalue weighted by atomic mass is 10.2. The van der Waals surface area contributed by atoms with Gasteiger partial charge in [0.25, 0.3) is 5.91 Å². The first kappa shape index (κ1) is 17.2. The number of nitrogens with one attached hydrogen (secondary N) is 2. The van der Waals surface area contributed by atoms with Crippen molar-refractivity contribution in [2.45, 2.75) is 40.2 Å². The number of hydrogen-bond acceptors (Lipinski definition) is 4. The molecule has 1 aromatic carbocycles. The maximum Gasteiger partial charge on any atom is 0.270 e. The lowest BCUT2D eigenvalue weighted by molar-refractivity contribution is 0.0934. The van der Waals surface area contributed by atoms with Crippen LogP contribution in [0.3, 0.4) is 0 Å². The fourth-order valence-corrected chi connectivity index (χ4v) is 2.16. The number of nitrogens with zero attached hydrogens (tertiary/aromatic N) is 2. The Morgan fingerprint density at radius 3 is 2.70 bits per heavy atom. The van der Waals surface area contributed by atoms with Crippen molar-refractivity contribution in [2.75, 3.05) is 5.32 Å². The van der Waals surface area contributed by atoms with Crippen molar-refractivity contribution in [1.29, 1.82) is 0 Å². The van der Waals surface area contributed by atoms with Gasteiger partial charge in [0.2, 0.25) is 5.95 Å². The topological polar surface area (TPSA) is 66.9 Å². The summed E-state index contributed by atoms with van der Waals surface area (Å²) in [4.78, 5) is 20.9. The van der Waals surface area contributed by atoms with Crippen LogP contribution in [-0.2, 0) is 0 Å². The number of carbonyl (C=O) groups excluding carboxylic acids is 1. The minimum Gasteiger partial charge on any atom is -0.348 e. The van der Waals surface area contributed by atoms with Crippen LogP contribution in [0.25, 0.3) is 0 Å². The second kappa shape index (κ2) is 7.42. The van der Waals surface area contributed by atoms with E-state index in [1.807, 2.05) is 45.9 Å². The van der Waals surface area contributed by atoms with Gasteiger partial charge in [-0.1, -0.05) is 24.6 Å². The summed E-state index contributed by atoms with van der Waals surface area (Å²) < 4.78 is 0. The van der Waals surface area contributed by atoms with E-state index in [1.54, 1.807) is 6.07 Å². The number of halogens is 1. The Morgan fingerprint density at radius 2 is 2.00 bits per heavy atom. The molecule has 0 saturated carbocycles. The summed E-state index contributed by atoms with van der Waals surface area (Å²) >= 11 is 6.02. The minimum absolute atomic E-state index is 0.101. The highest BCUT2D eigenvalue weighted by molar-refractivity contribution is 6.30. The lowest BCUT2D eigenvalue weighted by Gasteiger charge is -2.13. The zero-order valence-electron chi connectivity index (χ0n) is 13.8. The SMILES string of the molecule is CCC(C)NC(=O)c1cc(C)nc(Nc2cc(Cl)ccc2C)n1. The van der Waals surface area contributed by atoms with Crippen LogP contribution in [0.1, 0.15) is 42.0 Å². The van der Waals surface area contributed by atoms with Crippen LogP contribution in [0.4, 0.5) is 11.6 Å². The number of anilines is 2. The Labute approximate surface area is 141 Å². The summed E-state index contributed by atoms with van der Waals surface area (Å²) in [6.07, 6.45) is 0.864. The molecule has 0 aliphatic rings. The Bertz CT molecular complexity index is 718. The zero-order chi connectivity index (χ0) is 17.0. The average molecular weight is 333 g/mol.